The van der Waals surface area contributed by atoms with E-state index in [1.165, 1.54) is 13.2 Å². The number of hydrogen-bond acceptors (Lipinski definition) is 7. The predicted molar refractivity (Wildman–Crippen MR) is 111 cm³/mol. The maximum absolute atomic E-state index is 12.6. The van der Waals surface area contributed by atoms with E-state index in [0.29, 0.717) is 11.3 Å². The number of amides is 2. The number of esters is 1. The largest absolute Gasteiger partial charge is 0.475 e. The number of carbonyl (C=O) groups excluding carboxylic acids is 3. The molecule has 0 atom stereocenters. The van der Waals surface area contributed by atoms with Crippen molar-refractivity contribution in [3.05, 3.63) is 64.6 Å². The molecule has 0 bridgehead atoms. The van der Waals surface area contributed by atoms with Crippen LogP contribution in [0.25, 0.3) is 17.0 Å². The Bertz CT molecular complexity index is 1250. The minimum atomic E-state index is -1.15. The lowest BCUT2D eigenvalue weighted by Gasteiger charge is -2.09. The number of nitrogens with zero attached hydrogens (tertiary/aromatic N) is 2. The number of ether oxygens (including phenoxy) is 1. The van der Waals surface area contributed by atoms with Crippen molar-refractivity contribution in [1.82, 2.24) is 9.47 Å². The van der Waals surface area contributed by atoms with Gasteiger partial charge in [0.2, 0.25) is 5.76 Å². The number of rotatable bonds is 6. The van der Waals surface area contributed by atoms with Gasteiger partial charge in [-0.05, 0) is 36.0 Å². The fourth-order valence-corrected chi connectivity index (χ4v) is 4.07. The predicted octanol–water partition coefficient (Wildman–Crippen LogP) is 3.19. The number of fused-ring (bicyclic) bond motifs is 1. The molecule has 0 spiro atoms. The number of carboxylic acids is 1. The first kappa shape index (κ1) is 20.5. The van der Waals surface area contributed by atoms with E-state index in [-0.39, 0.29) is 17.2 Å². The summed E-state index contributed by atoms with van der Waals surface area (Å²) >= 11 is 0.755. The Labute approximate surface area is 179 Å². The summed E-state index contributed by atoms with van der Waals surface area (Å²) in [5.74, 6) is -2.07. The second-order valence-corrected chi connectivity index (χ2v) is 7.64. The highest BCUT2D eigenvalue weighted by Gasteiger charge is 2.36. The zero-order chi connectivity index (χ0) is 22.1. The number of para-hydroxylation sites is 1. The standard InChI is InChI=1S/C21H16N2O7S/c1-29-18(24)11-23-19(25)17(31-21(23)28)8-12-9-22(15-5-3-2-4-14(12)15)10-13-6-7-16(30-13)20(26)27/h2-9H,10-11H2,1H3,(H,26,27)/b17-8+. The Hall–Kier alpha value is -3.79. The molecule has 1 fully saturated rings. The molecule has 9 nitrogen and oxygen atoms in total. The summed E-state index contributed by atoms with van der Waals surface area (Å²) in [5, 5.41) is 9.34. The van der Waals surface area contributed by atoms with Gasteiger partial charge in [0.1, 0.15) is 12.3 Å². The Morgan fingerprint density at radius 3 is 2.68 bits per heavy atom. The van der Waals surface area contributed by atoms with Crippen molar-refractivity contribution in [1.29, 1.82) is 0 Å². The monoisotopic (exact) mass is 440 g/mol. The maximum Gasteiger partial charge on any atom is 0.371 e. The molecule has 2 amide bonds. The molecule has 158 valence electrons. The summed E-state index contributed by atoms with van der Waals surface area (Å²) in [6, 6.07) is 10.5. The molecule has 1 aliphatic heterocycles. The Morgan fingerprint density at radius 2 is 1.97 bits per heavy atom. The van der Waals surface area contributed by atoms with Gasteiger partial charge in [0.25, 0.3) is 11.1 Å². The Kier molecular flexibility index (Phi) is 5.38. The Balaban J connectivity index is 1.67. The van der Waals surface area contributed by atoms with Gasteiger partial charge in [0.15, 0.2) is 0 Å². The fraction of sp³-hybridized carbons (Fsp3) is 0.143. The lowest BCUT2D eigenvalue weighted by atomic mass is 10.1. The number of furan rings is 1. The molecule has 0 saturated carbocycles. The summed E-state index contributed by atoms with van der Waals surface area (Å²) in [4.78, 5) is 48.3. The highest BCUT2D eigenvalue weighted by molar-refractivity contribution is 8.18. The van der Waals surface area contributed by atoms with E-state index in [9.17, 15) is 19.2 Å². The van der Waals surface area contributed by atoms with Crippen LogP contribution in [0.4, 0.5) is 4.79 Å². The molecule has 1 N–H and O–H groups in total. The van der Waals surface area contributed by atoms with E-state index in [0.717, 1.165) is 27.6 Å². The second kappa shape index (κ2) is 8.15. The van der Waals surface area contributed by atoms with Gasteiger partial charge in [0, 0.05) is 22.7 Å². The quantitative estimate of drug-likeness (QED) is 0.459. The first-order chi connectivity index (χ1) is 14.9. The normalized spacial score (nSPS) is 15.3. The minimum Gasteiger partial charge on any atom is -0.475 e. The number of carbonyl (C=O) groups is 4. The summed E-state index contributed by atoms with van der Waals surface area (Å²) < 4.78 is 11.7. The van der Waals surface area contributed by atoms with Crippen LogP contribution in [0.15, 0.2) is 51.9 Å². The molecular weight excluding hydrogens is 424 g/mol. The van der Waals surface area contributed by atoms with Crippen LogP contribution in [0, 0.1) is 0 Å². The molecule has 31 heavy (non-hydrogen) atoms. The van der Waals surface area contributed by atoms with Gasteiger partial charge in [-0.15, -0.1) is 0 Å². The number of benzene rings is 1. The third-order valence-electron chi connectivity index (χ3n) is 4.69. The van der Waals surface area contributed by atoms with Crippen LogP contribution >= 0.6 is 11.8 Å². The molecule has 4 rings (SSSR count). The molecule has 3 heterocycles. The van der Waals surface area contributed by atoms with Gasteiger partial charge in [-0.1, -0.05) is 18.2 Å². The van der Waals surface area contributed by atoms with Crippen LogP contribution in [0.1, 0.15) is 21.9 Å². The van der Waals surface area contributed by atoms with Gasteiger partial charge >= 0.3 is 11.9 Å². The molecular formula is C21H16N2O7S. The number of thioether (sulfide) groups is 1. The van der Waals surface area contributed by atoms with Crippen LogP contribution in [-0.4, -0.2) is 51.3 Å². The first-order valence-electron chi connectivity index (χ1n) is 9.09. The van der Waals surface area contributed by atoms with Gasteiger partial charge in [0.05, 0.1) is 18.6 Å². The lowest BCUT2D eigenvalue weighted by molar-refractivity contribution is -0.143. The smallest absolute Gasteiger partial charge is 0.371 e. The van der Waals surface area contributed by atoms with Gasteiger partial charge in [-0.25, -0.2) is 4.79 Å². The molecule has 0 unspecified atom stereocenters. The summed E-state index contributed by atoms with van der Waals surface area (Å²) in [6.45, 7) is -0.157. The molecule has 0 aliphatic carbocycles. The second-order valence-electron chi connectivity index (χ2n) is 6.64. The average molecular weight is 440 g/mol. The number of methoxy groups -OCH3 is 1. The zero-order valence-electron chi connectivity index (χ0n) is 16.2. The summed E-state index contributed by atoms with van der Waals surface area (Å²) in [6.07, 6.45) is 3.40. The molecule has 1 saturated heterocycles. The van der Waals surface area contributed by atoms with Crippen molar-refractivity contribution in [2.75, 3.05) is 13.7 Å². The minimum absolute atomic E-state index is 0.147. The number of hydrogen-bond donors (Lipinski definition) is 1. The van der Waals surface area contributed by atoms with Gasteiger partial charge in [-0.2, -0.15) is 0 Å². The van der Waals surface area contributed by atoms with E-state index >= 15 is 0 Å². The average Bonchev–Trinajstić information content (AvgIpc) is 3.43. The van der Waals surface area contributed by atoms with Crippen molar-refractivity contribution < 1.29 is 33.4 Å². The van der Waals surface area contributed by atoms with Crippen LogP contribution < -0.4 is 0 Å². The van der Waals surface area contributed by atoms with Crippen molar-refractivity contribution in [2.45, 2.75) is 6.54 Å². The number of carboxylic acid groups (broad SMARTS) is 1. The molecule has 3 aromatic rings. The van der Waals surface area contributed by atoms with Gasteiger partial charge < -0.3 is 18.8 Å². The van der Waals surface area contributed by atoms with Crippen molar-refractivity contribution in [3.63, 3.8) is 0 Å². The highest BCUT2D eigenvalue weighted by Crippen LogP contribution is 2.34. The Morgan fingerprint density at radius 1 is 1.19 bits per heavy atom. The van der Waals surface area contributed by atoms with Gasteiger partial charge in [-0.3, -0.25) is 19.3 Å². The van der Waals surface area contributed by atoms with Crippen molar-refractivity contribution in [2.24, 2.45) is 0 Å². The third-order valence-corrected chi connectivity index (χ3v) is 5.60. The van der Waals surface area contributed by atoms with Crippen molar-refractivity contribution >= 4 is 51.8 Å². The molecule has 0 radical (unpaired) electrons. The maximum atomic E-state index is 12.6. The third kappa shape index (κ3) is 3.97. The summed E-state index contributed by atoms with van der Waals surface area (Å²) in [7, 11) is 1.19. The number of aromatic nitrogens is 1. The fourth-order valence-electron chi connectivity index (χ4n) is 3.24. The number of imide groups is 1. The van der Waals surface area contributed by atoms with Crippen LogP contribution in [-0.2, 0) is 20.9 Å². The van der Waals surface area contributed by atoms with E-state index in [2.05, 4.69) is 4.74 Å². The van der Waals surface area contributed by atoms with E-state index in [4.69, 9.17) is 9.52 Å². The van der Waals surface area contributed by atoms with Crippen molar-refractivity contribution in [3.8, 4) is 0 Å². The zero-order valence-corrected chi connectivity index (χ0v) is 17.0. The molecule has 1 aromatic carbocycles. The van der Waals surface area contributed by atoms with Crippen LogP contribution in [0.5, 0.6) is 0 Å². The molecule has 1 aliphatic rings. The topological polar surface area (TPSA) is 119 Å². The van der Waals surface area contributed by atoms with Crippen LogP contribution in [0.2, 0.25) is 0 Å². The first-order valence-corrected chi connectivity index (χ1v) is 9.91. The number of aromatic carboxylic acids is 1. The van der Waals surface area contributed by atoms with E-state index in [1.807, 2.05) is 28.8 Å². The highest BCUT2D eigenvalue weighted by atomic mass is 32.2. The lowest BCUT2D eigenvalue weighted by Crippen LogP contribution is -2.34. The molecule has 2 aromatic heterocycles. The van der Waals surface area contributed by atoms with E-state index < -0.39 is 29.6 Å². The SMILES string of the molecule is COC(=O)CN1C(=O)S/C(=C/c2cn(Cc3ccc(C(=O)O)o3)c3ccccc23)C1=O. The molecule has 10 heteroatoms. The van der Waals surface area contributed by atoms with Crippen LogP contribution in [0.3, 0.4) is 0 Å². The van der Waals surface area contributed by atoms with E-state index in [1.54, 1.807) is 18.3 Å². The summed E-state index contributed by atoms with van der Waals surface area (Å²) in [5.41, 5.74) is 1.54.